The summed E-state index contributed by atoms with van der Waals surface area (Å²) in [4.78, 5) is 4.59. The van der Waals surface area contributed by atoms with Crippen LogP contribution in [0, 0.1) is 0 Å². The van der Waals surface area contributed by atoms with Gasteiger partial charge in [0.2, 0.25) is 0 Å². The molecule has 0 amide bonds. The SMILES string of the molecule is ClC(Cc1nc2ccccc2s1)C1COCCO1. The predicted octanol–water partition coefficient (Wildman–Crippen LogP) is 2.86. The number of thiazole rings is 1. The van der Waals surface area contributed by atoms with Gasteiger partial charge in [-0.15, -0.1) is 22.9 Å². The zero-order valence-electron chi connectivity index (χ0n) is 9.84. The first kappa shape index (κ1) is 12.4. The molecule has 18 heavy (non-hydrogen) atoms. The van der Waals surface area contributed by atoms with Crippen LogP contribution in [-0.4, -0.2) is 36.3 Å². The Bertz CT molecular complexity index is 491. The van der Waals surface area contributed by atoms with Crippen molar-refractivity contribution in [2.24, 2.45) is 0 Å². The van der Waals surface area contributed by atoms with Crippen molar-refractivity contribution in [3.05, 3.63) is 29.3 Å². The first-order valence-corrected chi connectivity index (χ1v) is 7.26. The standard InChI is InChI=1S/C13H14ClNO2S/c14-9(11-8-16-5-6-17-11)7-13-15-10-3-1-2-4-12(10)18-13/h1-4,9,11H,5-8H2. The van der Waals surface area contributed by atoms with E-state index < -0.39 is 0 Å². The van der Waals surface area contributed by atoms with Gasteiger partial charge in [0.05, 0.1) is 46.5 Å². The number of para-hydroxylation sites is 1. The molecule has 2 unspecified atom stereocenters. The van der Waals surface area contributed by atoms with E-state index in [4.69, 9.17) is 21.1 Å². The summed E-state index contributed by atoms with van der Waals surface area (Å²) in [5, 5.41) is 0.983. The van der Waals surface area contributed by atoms with Gasteiger partial charge in [-0.2, -0.15) is 0 Å². The number of nitrogens with zero attached hydrogens (tertiary/aromatic N) is 1. The second-order valence-electron chi connectivity index (χ2n) is 4.28. The molecule has 1 aromatic carbocycles. The summed E-state index contributed by atoms with van der Waals surface area (Å²) >= 11 is 8.08. The number of hydrogen-bond acceptors (Lipinski definition) is 4. The summed E-state index contributed by atoms with van der Waals surface area (Å²) in [5.41, 5.74) is 1.04. The Labute approximate surface area is 115 Å². The molecule has 0 saturated carbocycles. The number of aromatic nitrogens is 1. The molecule has 0 spiro atoms. The quantitative estimate of drug-likeness (QED) is 0.812. The van der Waals surface area contributed by atoms with Gasteiger partial charge in [0, 0.05) is 6.42 Å². The van der Waals surface area contributed by atoms with Crippen molar-refractivity contribution < 1.29 is 9.47 Å². The van der Waals surface area contributed by atoms with E-state index in [1.54, 1.807) is 11.3 Å². The molecule has 1 aromatic heterocycles. The van der Waals surface area contributed by atoms with Gasteiger partial charge in [0.15, 0.2) is 0 Å². The van der Waals surface area contributed by atoms with E-state index in [-0.39, 0.29) is 11.5 Å². The Kier molecular flexibility index (Phi) is 3.80. The topological polar surface area (TPSA) is 31.4 Å². The Morgan fingerprint density at radius 3 is 3.06 bits per heavy atom. The monoisotopic (exact) mass is 283 g/mol. The van der Waals surface area contributed by atoms with Crippen molar-refractivity contribution in [2.75, 3.05) is 19.8 Å². The molecule has 1 saturated heterocycles. The highest BCUT2D eigenvalue weighted by Gasteiger charge is 2.24. The molecule has 3 nitrogen and oxygen atoms in total. The second-order valence-corrected chi connectivity index (χ2v) is 5.96. The summed E-state index contributed by atoms with van der Waals surface area (Å²) in [6.07, 6.45) is 0.710. The molecule has 3 rings (SSSR count). The van der Waals surface area contributed by atoms with Crippen molar-refractivity contribution in [3.8, 4) is 0 Å². The lowest BCUT2D eigenvalue weighted by molar-refractivity contribution is -0.0886. The van der Waals surface area contributed by atoms with Crippen molar-refractivity contribution in [1.29, 1.82) is 0 Å². The Morgan fingerprint density at radius 2 is 2.28 bits per heavy atom. The molecule has 0 bridgehead atoms. The smallest absolute Gasteiger partial charge is 0.0976 e. The van der Waals surface area contributed by atoms with E-state index >= 15 is 0 Å². The number of ether oxygens (including phenoxy) is 2. The number of hydrogen-bond donors (Lipinski definition) is 0. The maximum atomic E-state index is 6.38. The molecule has 1 aliphatic heterocycles. The van der Waals surface area contributed by atoms with Crippen LogP contribution in [0.3, 0.4) is 0 Å². The molecule has 0 radical (unpaired) electrons. The third kappa shape index (κ3) is 2.67. The van der Waals surface area contributed by atoms with Gasteiger partial charge < -0.3 is 9.47 Å². The van der Waals surface area contributed by atoms with Gasteiger partial charge in [-0.1, -0.05) is 12.1 Å². The van der Waals surface area contributed by atoms with Gasteiger partial charge in [0.25, 0.3) is 0 Å². The average Bonchev–Trinajstić information content (AvgIpc) is 2.82. The van der Waals surface area contributed by atoms with Crippen LogP contribution in [0.2, 0.25) is 0 Å². The minimum Gasteiger partial charge on any atom is -0.376 e. The summed E-state index contributed by atoms with van der Waals surface area (Å²) in [6.45, 7) is 1.88. The maximum Gasteiger partial charge on any atom is 0.0976 e. The van der Waals surface area contributed by atoms with Crippen molar-refractivity contribution in [3.63, 3.8) is 0 Å². The highest BCUT2D eigenvalue weighted by atomic mass is 35.5. The predicted molar refractivity (Wildman–Crippen MR) is 73.5 cm³/mol. The summed E-state index contributed by atoms with van der Waals surface area (Å²) in [6, 6.07) is 8.14. The Morgan fingerprint density at radius 1 is 1.39 bits per heavy atom. The van der Waals surface area contributed by atoms with Crippen LogP contribution in [0.1, 0.15) is 5.01 Å². The highest BCUT2D eigenvalue weighted by molar-refractivity contribution is 7.18. The minimum absolute atomic E-state index is 0.0209. The normalized spacial score (nSPS) is 22.2. The van der Waals surface area contributed by atoms with Gasteiger partial charge in [-0.3, -0.25) is 0 Å². The lowest BCUT2D eigenvalue weighted by Crippen LogP contribution is -2.36. The molecular weight excluding hydrogens is 270 g/mol. The van der Waals surface area contributed by atoms with E-state index in [1.165, 1.54) is 4.70 Å². The van der Waals surface area contributed by atoms with Gasteiger partial charge in [-0.25, -0.2) is 4.98 Å². The lowest BCUT2D eigenvalue weighted by Gasteiger charge is -2.26. The van der Waals surface area contributed by atoms with E-state index in [2.05, 4.69) is 11.1 Å². The van der Waals surface area contributed by atoms with E-state index in [1.807, 2.05) is 18.2 Å². The van der Waals surface area contributed by atoms with Crippen LogP contribution in [0.15, 0.2) is 24.3 Å². The number of alkyl halides is 1. The van der Waals surface area contributed by atoms with Gasteiger partial charge >= 0.3 is 0 Å². The largest absolute Gasteiger partial charge is 0.376 e. The molecular formula is C13H14ClNO2S. The molecule has 1 fully saturated rings. The van der Waals surface area contributed by atoms with Crippen LogP contribution in [0.5, 0.6) is 0 Å². The molecule has 96 valence electrons. The van der Waals surface area contributed by atoms with Crippen LogP contribution >= 0.6 is 22.9 Å². The van der Waals surface area contributed by atoms with E-state index in [0.717, 1.165) is 16.9 Å². The summed E-state index contributed by atoms with van der Waals surface area (Å²) in [7, 11) is 0. The second kappa shape index (κ2) is 5.53. The van der Waals surface area contributed by atoms with Crippen molar-refractivity contribution >= 4 is 33.2 Å². The van der Waals surface area contributed by atoms with Crippen LogP contribution in [0.4, 0.5) is 0 Å². The highest BCUT2D eigenvalue weighted by Crippen LogP contribution is 2.25. The number of fused-ring (bicyclic) bond motifs is 1. The molecule has 1 aliphatic rings. The summed E-state index contributed by atoms with van der Waals surface area (Å²) in [5.74, 6) is 0. The fourth-order valence-corrected chi connectivity index (χ4v) is 3.43. The number of benzene rings is 1. The first-order valence-electron chi connectivity index (χ1n) is 6.01. The fraction of sp³-hybridized carbons (Fsp3) is 0.462. The van der Waals surface area contributed by atoms with Crippen molar-refractivity contribution in [1.82, 2.24) is 4.98 Å². The van der Waals surface area contributed by atoms with Gasteiger partial charge in [-0.05, 0) is 12.1 Å². The molecule has 5 heteroatoms. The number of halogens is 1. The van der Waals surface area contributed by atoms with Crippen LogP contribution in [0.25, 0.3) is 10.2 Å². The first-order chi connectivity index (χ1) is 8.83. The Hall–Kier alpha value is -0.680. The van der Waals surface area contributed by atoms with E-state index in [0.29, 0.717) is 19.8 Å². The molecule has 0 aliphatic carbocycles. The van der Waals surface area contributed by atoms with Gasteiger partial charge in [0.1, 0.15) is 0 Å². The third-order valence-corrected chi connectivity index (χ3v) is 4.45. The maximum absolute atomic E-state index is 6.38. The molecule has 2 atom stereocenters. The zero-order chi connectivity index (χ0) is 12.4. The number of rotatable bonds is 3. The average molecular weight is 284 g/mol. The fourth-order valence-electron chi connectivity index (χ4n) is 2.02. The van der Waals surface area contributed by atoms with Crippen molar-refractivity contribution in [2.45, 2.75) is 17.9 Å². The molecule has 2 aromatic rings. The van der Waals surface area contributed by atoms with E-state index in [9.17, 15) is 0 Å². The minimum atomic E-state index is -0.0779. The summed E-state index contributed by atoms with van der Waals surface area (Å²) < 4.78 is 12.2. The third-order valence-electron chi connectivity index (χ3n) is 2.95. The van der Waals surface area contributed by atoms with Crippen LogP contribution in [-0.2, 0) is 15.9 Å². The Balaban J connectivity index is 1.71. The van der Waals surface area contributed by atoms with Crippen LogP contribution < -0.4 is 0 Å². The molecule has 0 N–H and O–H groups in total. The lowest BCUT2D eigenvalue weighted by atomic mass is 10.2. The molecule has 2 heterocycles. The zero-order valence-corrected chi connectivity index (χ0v) is 11.4.